The summed E-state index contributed by atoms with van der Waals surface area (Å²) < 4.78 is 64.5. The second-order valence-corrected chi connectivity index (χ2v) is 12.4. The third-order valence-corrected chi connectivity index (χ3v) is 9.48. The Hall–Kier alpha value is -3.93. The van der Waals surface area contributed by atoms with Crippen molar-refractivity contribution in [2.24, 2.45) is 0 Å². The summed E-state index contributed by atoms with van der Waals surface area (Å²) in [5.41, 5.74) is 2.42. The summed E-state index contributed by atoms with van der Waals surface area (Å²) in [4.78, 5) is 10.1. The van der Waals surface area contributed by atoms with Gasteiger partial charge in [-0.2, -0.15) is 12.8 Å². The standard InChI is InChI=1S/C32H34F2N4O4S/c1-22-28(42-27-15-17-37(18-16-27)23(2)26-7-4-3-5-8-26)19-35-32(31(22)34)43(40,41)38(30-10-6-9-29(33)36-30)20-24-11-13-25(21-39)14-12-24/h3-14,19,23,27,39H,15-18,20-21H2,1-2H3/t23-/m1/s1. The smallest absolute Gasteiger partial charge is 0.286 e. The summed E-state index contributed by atoms with van der Waals surface area (Å²) in [7, 11) is -4.62. The minimum atomic E-state index is -4.62. The van der Waals surface area contributed by atoms with Crippen LogP contribution >= 0.6 is 0 Å². The van der Waals surface area contributed by atoms with Crippen molar-refractivity contribution in [3.05, 3.63) is 113 Å². The van der Waals surface area contributed by atoms with E-state index in [0.29, 0.717) is 11.1 Å². The van der Waals surface area contributed by atoms with Crippen molar-refractivity contribution in [2.75, 3.05) is 17.4 Å². The van der Waals surface area contributed by atoms with Gasteiger partial charge in [0.2, 0.25) is 11.0 Å². The third kappa shape index (κ3) is 6.84. The molecule has 0 unspecified atom stereocenters. The molecule has 1 saturated heterocycles. The number of aliphatic hydroxyl groups is 1. The quantitative estimate of drug-likeness (QED) is 0.236. The summed E-state index contributed by atoms with van der Waals surface area (Å²) in [6.45, 7) is 4.79. The maximum absolute atomic E-state index is 15.8. The molecule has 1 aliphatic rings. The van der Waals surface area contributed by atoms with Gasteiger partial charge in [0, 0.05) is 24.7 Å². The van der Waals surface area contributed by atoms with Crippen LogP contribution in [0.25, 0.3) is 0 Å². The third-order valence-electron chi connectivity index (χ3n) is 7.81. The second-order valence-electron chi connectivity index (χ2n) is 10.6. The van der Waals surface area contributed by atoms with Gasteiger partial charge < -0.3 is 9.84 Å². The zero-order chi connectivity index (χ0) is 30.6. The van der Waals surface area contributed by atoms with Crippen molar-refractivity contribution in [3.8, 4) is 5.75 Å². The number of hydrogen-bond donors (Lipinski definition) is 1. The molecule has 0 spiro atoms. The fraction of sp³-hybridized carbons (Fsp3) is 0.312. The van der Waals surface area contributed by atoms with Crippen molar-refractivity contribution < 1.29 is 27.0 Å². The zero-order valence-corrected chi connectivity index (χ0v) is 24.8. The number of rotatable bonds is 10. The molecule has 11 heteroatoms. The fourth-order valence-electron chi connectivity index (χ4n) is 5.19. The van der Waals surface area contributed by atoms with Gasteiger partial charge in [0.25, 0.3) is 10.0 Å². The Balaban J connectivity index is 1.35. The number of piperidine rings is 1. The van der Waals surface area contributed by atoms with Crippen LogP contribution in [0.3, 0.4) is 0 Å². The minimum absolute atomic E-state index is 0.0214. The van der Waals surface area contributed by atoms with Crippen LogP contribution in [0.2, 0.25) is 0 Å². The van der Waals surface area contributed by atoms with Gasteiger partial charge in [0.05, 0.1) is 19.3 Å². The number of pyridine rings is 2. The first-order valence-electron chi connectivity index (χ1n) is 14.1. The number of aromatic nitrogens is 2. The van der Waals surface area contributed by atoms with Crippen LogP contribution in [-0.4, -0.2) is 47.6 Å². The molecule has 0 radical (unpaired) electrons. The highest BCUT2D eigenvalue weighted by atomic mass is 32.2. The Kier molecular flexibility index (Phi) is 9.34. The lowest BCUT2D eigenvalue weighted by molar-refractivity contribution is 0.0786. The van der Waals surface area contributed by atoms with Crippen LogP contribution in [0, 0.1) is 18.7 Å². The van der Waals surface area contributed by atoms with E-state index in [-0.39, 0.29) is 42.4 Å². The van der Waals surface area contributed by atoms with Crippen molar-refractivity contribution in [1.29, 1.82) is 0 Å². The summed E-state index contributed by atoms with van der Waals surface area (Å²) >= 11 is 0. The number of anilines is 1. The van der Waals surface area contributed by atoms with Crippen molar-refractivity contribution >= 4 is 15.8 Å². The highest BCUT2D eigenvalue weighted by Gasteiger charge is 2.33. The molecule has 1 aliphatic heterocycles. The van der Waals surface area contributed by atoms with Crippen molar-refractivity contribution in [1.82, 2.24) is 14.9 Å². The molecule has 0 saturated carbocycles. The first-order chi connectivity index (χ1) is 20.7. The number of benzene rings is 2. The van der Waals surface area contributed by atoms with E-state index in [0.717, 1.165) is 36.3 Å². The SMILES string of the molecule is Cc1c(OC2CCN([C@H](C)c3ccccc3)CC2)cnc(S(=O)(=O)N(Cc2ccc(CO)cc2)c2cccc(F)n2)c1F. The summed E-state index contributed by atoms with van der Waals surface area (Å²) in [5, 5.41) is 8.53. The van der Waals surface area contributed by atoms with Crippen LogP contribution in [0.15, 0.2) is 84.0 Å². The average Bonchev–Trinajstić information content (AvgIpc) is 3.02. The normalized spacial score (nSPS) is 15.3. The van der Waals surface area contributed by atoms with E-state index in [9.17, 15) is 17.9 Å². The molecule has 1 fully saturated rings. The van der Waals surface area contributed by atoms with Gasteiger partial charge in [-0.15, -0.1) is 0 Å². The van der Waals surface area contributed by atoms with Gasteiger partial charge in [0.1, 0.15) is 17.7 Å². The van der Waals surface area contributed by atoms with Gasteiger partial charge in [-0.3, -0.25) is 4.90 Å². The fourth-order valence-corrected chi connectivity index (χ4v) is 6.63. The van der Waals surface area contributed by atoms with E-state index < -0.39 is 26.8 Å². The van der Waals surface area contributed by atoms with Gasteiger partial charge >= 0.3 is 0 Å². The number of aliphatic hydroxyl groups excluding tert-OH is 1. The maximum Gasteiger partial charge on any atom is 0.286 e. The van der Waals surface area contributed by atoms with Crippen LogP contribution < -0.4 is 9.04 Å². The number of halogens is 2. The highest BCUT2D eigenvalue weighted by Crippen LogP contribution is 2.32. The van der Waals surface area contributed by atoms with E-state index in [1.165, 1.54) is 30.8 Å². The molecule has 3 heterocycles. The molecule has 0 amide bonds. The molecule has 1 atom stereocenters. The minimum Gasteiger partial charge on any atom is -0.488 e. The Morgan fingerprint density at radius 1 is 1.00 bits per heavy atom. The molecule has 43 heavy (non-hydrogen) atoms. The molecule has 4 aromatic rings. The first kappa shape index (κ1) is 30.5. The monoisotopic (exact) mass is 608 g/mol. The highest BCUT2D eigenvalue weighted by molar-refractivity contribution is 7.92. The Morgan fingerprint density at radius 2 is 1.67 bits per heavy atom. The number of likely N-dealkylation sites (tertiary alicyclic amines) is 1. The molecule has 0 aliphatic carbocycles. The van der Waals surface area contributed by atoms with E-state index >= 15 is 4.39 Å². The van der Waals surface area contributed by atoms with E-state index in [2.05, 4.69) is 33.9 Å². The maximum atomic E-state index is 15.8. The van der Waals surface area contributed by atoms with Gasteiger partial charge in [-0.1, -0.05) is 60.7 Å². The second kappa shape index (κ2) is 13.2. The van der Waals surface area contributed by atoms with Crippen LogP contribution in [0.1, 0.15) is 48.1 Å². The Labute approximate surface area is 250 Å². The van der Waals surface area contributed by atoms with Crippen molar-refractivity contribution in [3.63, 3.8) is 0 Å². The molecular weight excluding hydrogens is 574 g/mol. The molecule has 0 bridgehead atoms. The number of hydrogen-bond acceptors (Lipinski definition) is 7. The van der Waals surface area contributed by atoms with E-state index in [1.807, 2.05) is 18.2 Å². The molecule has 226 valence electrons. The largest absolute Gasteiger partial charge is 0.488 e. The van der Waals surface area contributed by atoms with Gasteiger partial charge in [-0.05, 0) is 55.5 Å². The lowest BCUT2D eigenvalue weighted by atomic mass is 10.0. The molecule has 1 N–H and O–H groups in total. The van der Waals surface area contributed by atoms with E-state index in [4.69, 9.17) is 4.74 Å². The molecule has 2 aromatic heterocycles. The molecule has 2 aromatic carbocycles. The Bertz CT molecular complexity index is 1650. The number of nitrogens with zero attached hydrogens (tertiary/aromatic N) is 4. The Morgan fingerprint density at radius 3 is 2.33 bits per heavy atom. The molecule has 5 rings (SSSR count). The van der Waals surface area contributed by atoms with Gasteiger partial charge in [0.15, 0.2) is 5.82 Å². The lowest BCUT2D eigenvalue weighted by Gasteiger charge is -2.36. The van der Waals surface area contributed by atoms with Crippen LogP contribution in [0.5, 0.6) is 5.75 Å². The summed E-state index contributed by atoms with van der Waals surface area (Å²) in [6, 6.07) is 20.8. The molecule has 8 nitrogen and oxygen atoms in total. The summed E-state index contributed by atoms with van der Waals surface area (Å²) in [6.07, 6.45) is 2.52. The first-order valence-corrected chi connectivity index (χ1v) is 15.6. The average molecular weight is 609 g/mol. The van der Waals surface area contributed by atoms with Gasteiger partial charge in [-0.25, -0.2) is 18.7 Å². The number of ether oxygens (including phenoxy) is 1. The topological polar surface area (TPSA) is 95.9 Å². The zero-order valence-electron chi connectivity index (χ0n) is 24.0. The van der Waals surface area contributed by atoms with E-state index in [1.54, 1.807) is 24.3 Å². The predicted octanol–water partition coefficient (Wildman–Crippen LogP) is 5.56. The lowest BCUT2D eigenvalue weighted by Crippen LogP contribution is -2.39. The predicted molar refractivity (Wildman–Crippen MR) is 159 cm³/mol. The number of sulfonamides is 1. The summed E-state index contributed by atoms with van der Waals surface area (Å²) in [5.74, 6) is -1.96. The molecular formula is C32H34F2N4O4S. The van der Waals surface area contributed by atoms with Crippen LogP contribution in [0.4, 0.5) is 14.6 Å². The van der Waals surface area contributed by atoms with Crippen molar-refractivity contribution in [2.45, 2.75) is 57.0 Å². The van der Waals surface area contributed by atoms with Crippen LogP contribution in [-0.2, 0) is 23.2 Å².